The molecule has 1 aromatic carbocycles. The number of rotatable bonds is 6. The second kappa shape index (κ2) is 7.80. The van der Waals surface area contributed by atoms with E-state index in [4.69, 9.17) is 0 Å². The van der Waals surface area contributed by atoms with E-state index in [1.54, 1.807) is 11.3 Å². The Balaban J connectivity index is 1.39. The van der Waals surface area contributed by atoms with Gasteiger partial charge in [0.15, 0.2) is 0 Å². The number of hydrogen-bond donors (Lipinski definition) is 1. The minimum Gasteiger partial charge on any atom is -0.356 e. The summed E-state index contributed by atoms with van der Waals surface area (Å²) in [7, 11) is -3.14. The molecule has 6 nitrogen and oxygen atoms in total. The first kappa shape index (κ1) is 18.3. The molecule has 0 atom stereocenters. The maximum Gasteiger partial charge on any atom is 0.223 e. The van der Waals surface area contributed by atoms with Crippen molar-refractivity contribution in [3.63, 3.8) is 0 Å². The van der Waals surface area contributed by atoms with Crippen LogP contribution < -0.4 is 5.32 Å². The summed E-state index contributed by atoms with van der Waals surface area (Å²) in [5.41, 5.74) is 1.03. The molecule has 0 bridgehead atoms. The molecule has 1 saturated heterocycles. The SMILES string of the molecule is CS(=O)(=O)N1CCC(C(=O)NCCCc2nc3ccccc3s2)CC1. The summed E-state index contributed by atoms with van der Waals surface area (Å²) in [6, 6.07) is 8.09. The highest BCUT2D eigenvalue weighted by atomic mass is 32.2. The van der Waals surface area contributed by atoms with Gasteiger partial charge in [-0.25, -0.2) is 17.7 Å². The van der Waals surface area contributed by atoms with Crippen LogP contribution in [0.2, 0.25) is 0 Å². The summed E-state index contributed by atoms with van der Waals surface area (Å²) in [6.07, 6.45) is 4.11. The molecule has 0 spiro atoms. The molecule has 2 heterocycles. The van der Waals surface area contributed by atoms with E-state index in [9.17, 15) is 13.2 Å². The number of aryl methyl sites for hydroxylation is 1. The predicted octanol–water partition coefficient (Wildman–Crippen LogP) is 2.02. The number of carbonyl (C=O) groups excluding carboxylic acids is 1. The van der Waals surface area contributed by atoms with E-state index in [1.165, 1.54) is 15.3 Å². The molecule has 1 N–H and O–H groups in total. The van der Waals surface area contributed by atoms with E-state index in [0.717, 1.165) is 23.4 Å². The Bertz CT molecular complexity index is 807. The molecule has 2 aromatic rings. The third-order valence-electron chi connectivity index (χ3n) is 4.50. The standard InChI is InChI=1S/C17H23N3O3S2/c1-25(22,23)20-11-8-13(9-12-20)17(21)18-10-4-7-16-19-14-5-2-3-6-15(14)24-16/h2-3,5-6,13H,4,7-12H2,1H3,(H,18,21). The molecule has 1 fully saturated rings. The lowest BCUT2D eigenvalue weighted by Crippen LogP contribution is -2.42. The molecule has 1 aromatic heterocycles. The van der Waals surface area contributed by atoms with Gasteiger partial charge in [-0.1, -0.05) is 12.1 Å². The molecule has 1 amide bonds. The van der Waals surface area contributed by atoms with Crippen LogP contribution in [0.25, 0.3) is 10.2 Å². The Labute approximate surface area is 152 Å². The number of carbonyl (C=O) groups is 1. The highest BCUT2D eigenvalue weighted by Gasteiger charge is 2.28. The maximum absolute atomic E-state index is 12.2. The first-order valence-electron chi connectivity index (χ1n) is 8.51. The number of hydrogen-bond acceptors (Lipinski definition) is 5. The number of sulfonamides is 1. The van der Waals surface area contributed by atoms with Gasteiger partial charge in [-0.15, -0.1) is 11.3 Å². The Morgan fingerprint density at radius 2 is 2.04 bits per heavy atom. The maximum atomic E-state index is 12.2. The van der Waals surface area contributed by atoms with Gasteiger partial charge in [-0.2, -0.15) is 0 Å². The third-order valence-corrected chi connectivity index (χ3v) is 6.90. The van der Waals surface area contributed by atoms with Crippen molar-refractivity contribution in [1.29, 1.82) is 0 Å². The molecule has 0 unspecified atom stereocenters. The predicted molar refractivity (Wildman–Crippen MR) is 100 cm³/mol. The van der Waals surface area contributed by atoms with Gasteiger partial charge >= 0.3 is 0 Å². The molecule has 0 aliphatic carbocycles. The van der Waals surface area contributed by atoms with Gasteiger partial charge in [0.05, 0.1) is 21.5 Å². The Morgan fingerprint density at radius 1 is 1.32 bits per heavy atom. The van der Waals surface area contributed by atoms with E-state index in [0.29, 0.717) is 32.5 Å². The molecule has 1 aliphatic rings. The molecule has 8 heteroatoms. The van der Waals surface area contributed by atoms with Gasteiger partial charge in [0.25, 0.3) is 0 Å². The summed E-state index contributed by atoms with van der Waals surface area (Å²) < 4.78 is 25.6. The molecule has 3 rings (SSSR count). The number of thiazole rings is 1. The Hall–Kier alpha value is -1.51. The number of aromatic nitrogens is 1. The smallest absolute Gasteiger partial charge is 0.223 e. The van der Waals surface area contributed by atoms with Gasteiger partial charge in [0.2, 0.25) is 15.9 Å². The number of piperidine rings is 1. The normalized spacial score (nSPS) is 17.0. The van der Waals surface area contributed by atoms with Gasteiger partial charge in [0, 0.05) is 32.0 Å². The van der Waals surface area contributed by atoms with Gasteiger partial charge in [-0.05, 0) is 31.4 Å². The van der Waals surface area contributed by atoms with Crippen LogP contribution >= 0.6 is 11.3 Å². The zero-order valence-corrected chi connectivity index (χ0v) is 15.9. The van der Waals surface area contributed by atoms with Gasteiger partial charge in [0.1, 0.15) is 0 Å². The lowest BCUT2D eigenvalue weighted by molar-refractivity contribution is -0.126. The van der Waals surface area contributed by atoms with E-state index in [1.807, 2.05) is 18.2 Å². The quantitative estimate of drug-likeness (QED) is 0.777. The van der Waals surface area contributed by atoms with Crippen LogP contribution in [-0.4, -0.2) is 49.5 Å². The molecule has 25 heavy (non-hydrogen) atoms. The molecular weight excluding hydrogens is 358 g/mol. The molecule has 0 radical (unpaired) electrons. The zero-order chi connectivity index (χ0) is 17.9. The molecule has 0 saturated carbocycles. The highest BCUT2D eigenvalue weighted by Crippen LogP contribution is 2.22. The van der Waals surface area contributed by atoms with Crippen LogP contribution in [0, 0.1) is 5.92 Å². The first-order chi connectivity index (χ1) is 11.9. The fourth-order valence-electron chi connectivity index (χ4n) is 3.07. The van der Waals surface area contributed by atoms with Crippen LogP contribution in [0.1, 0.15) is 24.3 Å². The lowest BCUT2D eigenvalue weighted by Gasteiger charge is -2.29. The van der Waals surface area contributed by atoms with Crippen molar-refractivity contribution in [2.45, 2.75) is 25.7 Å². The van der Waals surface area contributed by atoms with Crippen molar-refractivity contribution < 1.29 is 13.2 Å². The summed E-state index contributed by atoms with van der Waals surface area (Å²) in [4.78, 5) is 16.8. The van der Waals surface area contributed by atoms with Crippen molar-refractivity contribution in [1.82, 2.24) is 14.6 Å². The summed E-state index contributed by atoms with van der Waals surface area (Å²) in [5, 5.41) is 4.07. The van der Waals surface area contributed by atoms with E-state index in [2.05, 4.69) is 16.4 Å². The second-order valence-corrected chi connectivity index (χ2v) is 9.50. The Morgan fingerprint density at radius 3 is 2.72 bits per heavy atom. The molecule has 1 aliphatic heterocycles. The van der Waals surface area contributed by atoms with Crippen molar-refractivity contribution in [2.75, 3.05) is 25.9 Å². The highest BCUT2D eigenvalue weighted by molar-refractivity contribution is 7.88. The van der Waals surface area contributed by atoms with Crippen LogP contribution in [0.4, 0.5) is 0 Å². The van der Waals surface area contributed by atoms with Crippen molar-refractivity contribution >= 4 is 37.5 Å². The fourth-order valence-corrected chi connectivity index (χ4v) is 4.96. The van der Waals surface area contributed by atoms with Crippen molar-refractivity contribution in [3.05, 3.63) is 29.3 Å². The number of fused-ring (bicyclic) bond motifs is 1. The lowest BCUT2D eigenvalue weighted by atomic mass is 9.97. The first-order valence-corrected chi connectivity index (χ1v) is 11.2. The second-order valence-electron chi connectivity index (χ2n) is 6.41. The van der Waals surface area contributed by atoms with Crippen molar-refractivity contribution in [3.8, 4) is 0 Å². The van der Waals surface area contributed by atoms with Crippen LogP contribution in [-0.2, 0) is 21.2 Å². The van der Waals surface area contributed by atoms with Crippen LogP contribution in [0.15, 0.2) is 24.3 Å². The number of nitrogens with one attached hydrogen (secondary N) is 1. The topological polar surface area (TPSA) is 79.4 Å². The largest absolute Gasteiger partial charge is 0.356 e. The monoisotopic (exact) mass is 381 g/mol. The zero-order valence-electron chi connectivity index (χ0n) is 14.3. The summed E-state index contributed by atoms with van der Waals surface area (Å²) in [5.74, 6) is -0.0436. The minimum atomic E-state index is -3.14. The van der Waals surface area contributed by atoms with Crippen LogP contribution in [0.5, 0.6) is 0 Å². The van der Waals surface area contributed by atoms with Crippen molar-refractivity contribution in [2.24, 2.45) is 5.92 Å². The van der Waals surface area contributed by atoms with Gasteiger partial charge < -0.3 is 5.32 Å². The van der Waals surface area contributed by atoms with Gasteiger partial charge in [-0.3, -0.25) is 4.79 Å². The number of benzene rings is 1. The minimum absolute atomic E-state index is 0.0393. The third kappa shape index (κ3) is 4.77. The Kier molecular flexibility index (Phi) is 5.71. The van der Waals surface area contributed by atoms with E-state index < -0.39 is 10.0 Å². The average Bonchev–Trinajstić information content (AvgIpc) is 3.00. The number of amides is 1. The fraction of sp³-hybridized carbons (Fsp3) is 0.529. The number of para-hydroxylation sites is 1. The molecule has 136 valence electrons. The van der Waals surface area contributed by atoms with Crippen LogP contribution in [0.3, 0.4) is 0 Å². The van der Waals surface area contributed by atoms with E-state index >= 15 is 0 Å². The van der Waals surface area contributed by atoms with E-state index in [-0.39, 0.29) is 11.8 Å². The number of nitrogens with zero attached hydrogens (tertiary/aromatic N) is 2. The summed E-state index contributed by atoms with van der Waals surface area (Å²) >= 11 is 1.70. The average molecular weight is 382 g/mol. The molecular formula is C17H23N3O3S2. The summed E-state index contributed by atoms with van der Waals surface area (Å²) in [6.45, 7) is 1.49.